The Bertz CT molecular complexity index is 3490. The fraction of sp³-hybridized carbons (Fsp3) is 0.0169. The second-order valence-corrected chi connectivity index (χ2v) is 16.4. The average Bonchev–Trinajstić information content (AvgIpc) is 3.97. The molecule has 0 atom stereocenters. The van der Waals surface area contributed by atoms with Crippen molar-refractivity contribution >= 4 is 49.8 Å². The fourth-order valence-electron chi connectivity index (χ4n) is 10.7. The largest absolute Gasteiger partial charge is 0.455 e. The predicted molar refractivity (Wildman–Crippen MR) is 253 cm³/mol. The van der Waals surface area contributed by atoms with E-state index in [0.717, 1.165) is 50.1 Å². The zero-order chi connectivity index (χ0) is 40.1. The fourth-order valence-corrected chi connectivity index (χ4v) is 10.7. The van der Waals surface area contributed by atoms with Gasteiger partial charge in [0.1, 0.15) is 11.2 Å². The SMILES string of the molecule is c1ccc2c(c1)-c1ccccc1C21c2ccccc2-c2c(-c3ccc(N(c4ccc(-c5cccc6c5oc5ccccc56)cc4)c4ccc5ccccc5c4)cc3)cccc21. The Balaban J connectivity index is 0.940. The molecule has 0 amide bonds. The molecule has 11 aromatic rings. The monoisotopic (exact) mass is 775 g/mol. The lowest BCUT2D eigenvalue weighted by Crippen LogP contribution is -2.25. The van der Waals surface area contributed by atoms with Gasteiger partial charge in [0.05, 0.1) is 5.41 Å². The van der Waals surface area contributed by atoms with Crippen LogP contribution in [0.15, 0.2) is 229 Å². The van der Waals surface area contributed by atoms with Crippen molar-refractivity contribution in [3.05, 3.63) is 247 Å². The summed E-state index contributed by atoms with van der Waals surface area (Å²) in [7, 11) is 0. The molecule has 0 unspecified atom stereocenters. The number of para-hydroxylation sites is 2. The van der Waals surface area contributed by atoms with Crippen molar-refractivity contribution in [1.29, 1.82) is 0 Å². The van der Waals surface area contributed by atoms with Gasteiger partial charge in [-0.15, -0.1) is 0 Å². The number of hydrogen-bond donors (Lipinski definition) is 0. The molecule has 1 aromatic heterocycles. The van der Waals surface area contributed by atoms with Gasteiger partial charge in [0.15, 0.2) is 0 Å². The molecule has 1 heterocycles. The lowest BCUT2D eigenvalue weighted by Gasteiger charge is -2.30. The van der Waals surface area contributed by atoms with Crippen molar-refractivity contribution < 1.29 is 4.42 Å². The van der Waals surface area contributed by atoms with E-state index in [-0.39, 0.29) is 5.41 Å². The van der Waals surface area contributed by atoms with E-state index in [0.29, 0.717) is 0 Å². The quantitative estimate of drug-likeness (QED) is 0.173. The van der Waals surface area contributed by atoms with Gasteiger partial charge in [0.25, 0.3) is 0 Å². The first-order valence-electron chi connectivity index (χ1n) is 21.1. The maximum Gasteiger partial charge on any atom is 0.143 e. The summed E-state index contributed by atoms with van der Waals surface area (Å²) in [6.45, 7) is 0. The second-order valence-electron chi connectivity index (χ2n) is 16.4. The molecule has 10 aromatic carbocycles. The van der Waals surface area contributed by atoms with Gasteiger partial charge in [-0.3, -0.25) is 0 Å². The minimum atomic E-state index is -0.371. The van der Waals surface area contributed by atoms with Crippen LogP contribution in [0.1, 0.15) is 22.3 Å². The topological polar surface area (TPSA) is 16.4 Å². The highest BCUT2D eigenvalue weighted by molar-refractivity contribution is 6.09. The van der Waals surface area contributed by atoms with E-state index in [1.54, 1.807) is 0 Å². The summed E-state index contributed by atoms with van der Waals surface area (Å²) >= 11 is 0. The Kier molecular flexibility index (Phi) is 7.26. The molecule has 2 aliphatic carbocycles. The molecule has 284 valence electrons. The van der Waals surface area contributed by atoms with Gasteiger partial charge in [-0.1, -0.05) is 182 Å². The molecular weight excluding hydrogens is 739 g/mol. The van der Waals surface area contributed by atoms with E-state index < -0.39 is 0 Å². The molecule has 61 heavy (non-hydrogen) atoms. The van der Waals surface area contributed by atoms with E-state index in [9.17, 15) is 0 Å². The van der Waals surface area contributed by atoms with Crippen molar-refractivity contribution in [2.24, 2.45) is 0 Å². The molecule has 0 aliphatic heterocycles. The first kappa shape index (κ1) is 34.0. The van der Waals surface area contributed by atoms with E-state index in [2.05, 4.69) is 217 Å². The number of hydrogen-bond acceptors (Lipinski definition) is 2. The van der Waals surface area contributed by atoms with Crippen molar-refractivity contribution in [2.45, 2.75) is 5.41 Å². The number of fused-ring (bicyclic) bond motifs is 14. The van der Waals surface area contributed by atoms with Crippen molar-refractivity contribution in [3.63, 3.8) is 0 Å². The number of nitrogens with zero attached hydrogens (tertiary/aromatic N) is 1. The third-order valence-electron chi connectivity index (χ3n) is 13.3. The van der Waals surface area contributed by atoms with Crippen LogP contribution in [0.3, 0.4) is 0 Å². The van der Waals surface area contributed by atoms with E-state index in [1.807, 2.05) is 12.1 Å². The highest BCUT2D eigenvalue weighted by Crippen LogP contribution is 2.64. The lowest BCUT2D eigenvalue weighted by molar-refractivity contribution is 0.670. The van der Waals surface area contributed by atoms with Gasteiger partial charge in [0.2, 0.25) is 0 Å². The number of rotatable bonds is 5. The van der Waals surface area contributed by atoms with Crippen LogP contribution >= 0.6 is 0 Å². The maximum absolute atomic E-state index is 6.44. The minimum absolute atomic E-state index is 0.371. The van der Waals surface area contributed by atoms with Gasteiger partial charge in [0, 0.05) is 33.4 Å². The normalized spacial score (nSPS) is 13.0. The van der Waals surface area contributed by atoms with Crippen LogP contribution in [0, 0.1) is 0 Å². The van der Waals surface area contributed by atoms with Crippen LogP contribution in [-0.2, 0) is 5.41 Å². The van der Waals surface area contributed by atoms with Crippen LogP contribution in [0.4, 0.5) is 17.1 Å². The highest BCUT2D eigenvalue weighted by atomic mass is 16.3. The maximum atomic E-state index is 6.44. The van der Waals surface area contributed by atoms with Crippen molar-refractivity contribution in [1.82, 2.24) is 0 Å². The van der Waals surface area contributed by atoms with Crippen LogP contribution < -0.4 is 4.90 Å². The number of furan rings is 1. The standard InChI is InChI=1S/C59H37NO/c1-2-14-41-37-44(36-27-38(41)13-1)60(43-34-30-40(31-35-43)46-20-11-21-50-49-17-6-10-26-56(49)61-58(46)50)42-32-28-39(29-33-42)45-19-12-25-55-57(45)51-18-5-9-24-54(51)59(55)52-22-7-3-15-47(52)48-16-4-8-23-53(48)59/h1-37H. The summed E-state index contributed by atoms with van der Waals surface area (Å²) in [4.78, 5) is 2.37. The zero-order valence-corrected chi connectivity index (χ0v) is 33.2. The highest BCUT2D eigenvalue weighted by Gasteiger charge is 2.51. The van der Waals surface area contributed by atoms with Gasteiger partial charge < -0.3 is 9.32 Å². The predicted octanol–water partition coefficient (Wildman–Crippen LogP) is 15.9. The van der Waals surface area contributed by atoms with Crippen molar-refractivity contribution in [2.75, 3.05) is 4.90 Å². The molecule has 2 heteroatoms. The third-order valence-corrected chi connectivity index (χ3v) is 13.3. The Hall–Kier alpha value is -7.94. The third kappa shape index (κ3) is 4.85. The Labute approximate surface area is 354 Å². The summed E-state index contributed by atoms with van der Waals surface area (Å²) in [5.74, 6) is 0. The summed E-state index contributed by atoms with van der Waals surface area (Å²) in [6, 6.07) is 82.2. The molecule has 0 N–H and O–H groups in total. The number of anilines is 3. The summed E-state index contributed by atoms with van der Waals surface area (Å²) in [5, 5.41) is 4.70. The van der Waals surface area contributed by atoms with Crippen molar-refractivity contribution in [3.8, 4) is 44.5 Å². The first-order chi connectivity index (χ1) is 30.3. The smallest absolute Gasteiger partial charge is 0.143 e. The lowest BCUT2D eigenvalue weighted by atomic mass is 9.70. The van der Waals surface area contributed by atoms with Crippen LogP contribution in [0.25, 0.3) is 77.2 Å². The second kappa shape index (κ2) is 13.0. The molecule has 13 rings (SSSR count). The molecule has 0 fully saturated rings. The molecular formula is C59H37NO. The Morgan fingerprint density at radius 2 is 0.820 bits per heavy atom. The summed E-state index contributed by atoms with van der Waals surface area (Å²) < 4.78 is 6.44. The molecule has 2 nitrogen and oxygen atoms in total. The van der Waals surface area contributed by atoms with Gasteiger partial charge in [-0.25, -0.2) is 0 Å². The van der Waals surface area contributed by atoms with E-state index in [4.69, 9.17) is 4.42 Å². The minimum Gasteiger partial charge on any atom is -0.455 e. The summed E-state index contributed by atoms with van der Waals surface area (Å²) in [6.07, 6.45) is 0. The Morgan fingerprint density at radius 1 is 0.328 bits per heavy atom. The van der Waals surface area contributed by atoms with Crippen LogP contribution in [-0.4, -0.2) is 0 Å². The molecule has 0 bridgehead atoms. The zero-order valence-electron chi connectivity index (χ0n) is 33.2. The van der Waals surface area contributed by atoms with Crippen LogP contribution in [0.2, 0.25) is 0 Å². The summed E-state index contributed by atoms with van der Waals surface area (Å²) in [5.41, 5.74) is 20.1. The molecule has 2 aliphatic rings. The van der Waals surface area contributed by atoms with Crippen LogP contribution in [0.5, 0.6) is 0 Å². The van der Waals surface area contributed by atoms with Gasteiger partial charge in [-0.05, 0) is 114 Å². The Morgan fingerprint density at radius 3 is 1.54 bits per heavy atom. The molecule has 1 spiro atoms. The molecule has 0 saturated carbocycles. The molecule has 0 saturated heterocycles. The van der Waals surface area contributed by atoms with Gasteiger partial charge in [-0.2, -0.15) is 0 Å². The first-order valence-corrected chi connectivity index (χ1v) is 21.1. The van der Waals surface area contributed by atoms with E-state index >= 15 is 0 Å². The molecule has 0 radical (unpaired) electrons. The number of benzene rings is 10. The van der Waals surface area contributed by atoms with E-state index in [1.165, 1.54) is 66.4 Å². The van der Waals surface area contributed by atoms with Gasteiger partial charge >= 0.3 is 0 Å². The average molecular weight is 776 g/mol.